The van der Waals surface area contributed by atoms with Crippen molar-refractivity contribution in [2.24, 2.45) is 4.99 Å². The van der Waals surface area contributed by atoms with E-state index in [9.17, 15) is 10.1 Å². The number of carbonyl (C=O) groups excluding carboxylic acids is 1. The molecule has 224 valence electrons. The van der Waals surface area contributed by atoms with Gasteiger partial charge in [-0.05, 0) is 57.0 Å². The van der Waals surface area contributed by atoms with Gasteiger partial charge in [0.1, 0.15) is 30.8 Å². The Morgan fingerprint density at radius 2 is 2.02 bits per heavy atom. The minimum absolute atomic E-state index is 0.269. The lowest BCUT2D eigenvalue weighted by molar-refractivity contribution is -0.111. The molecule has 2 N–H and O–H groups in total. The lowest BCUT2D eigenvalue weighted by Crippen LogP contribution is -2.21. The van der Waals surface area contributed by atoms with E-state index in [4.69, 9.17) is 21.1 Å². The average molecular weight is 610 g/mol. The number of pyridine rings is 2. The standard InChI is InChI=1S/C33H32ClN7O3/c1-5-43-31-17-28-26(16-29(31)40-32(42)10-8-14-41(21-36-4)22(2)3)33(23(18-35)19-38-28)39-24-11-12-30(27(34)15-24)44-20-25-9-6-7-13-37-25/h6-13,15-17,19H,2,4-5,14,20-21H2,1,3H3,(H,38,39)(H,40,42)/b10-8+. The number of nitrogens with one attached hydrogen (secondary N) is 2. The third kappa shape index (κ3) is 8.12. The van der Waals surface area contributed by atoms with Crippen LogP contribution >= 0.6 is 11.6 Å². The van der Waals surface area contributed by atoms with Gasteiger partial charge in [0.2, 0.25) is 5.91 Å². The first-order chi connectivity index (χ1) is 21.3. The van der Waals surface area contributed by atoms with Crippen molar-refractivity contribution in [3.05, 3.63) is 102 Å². The van der Waals surface area contributed by atoms with Crippen LogP contribution in [0.5, 0.6) is 11.5 Å². The van der Waals surface area contributed by atoms with Crippen molar-refractivity contribution >= 4 is 52.2 Å². The Labute approximate surface area is 261 Å². The summed E-state index contributed by atoms with van der Waals surface area (Å²) in [6, 6.07) is 16.5. The first-order valence-corrected chi connectivity index (χ1v) is 14.1. The zero-order valence-electron chi connectivity index (χ0n) is 24.5. The number of ether oxygens (including phenoxy) is 2. The summed E-state index contributed by atoms with van der Waals surface area (Å²) in [6.45, 7) is 12.6. The number of benzene rings is 2. The Morgan fingerprint density at radius 3 is 2.70 bits per heavy atom. The van der Waals surface area contributed by atoms with E-state index in [0.717, 1.165) is 11.4 Å². The molecule has 0 saturated heterocycles. The zero-order chi connectivity index (χ0) is 31.5. The van der Waals surface area contributed by atoms with E-state index in [1.165, 1.54) is 12.3 Å². The highest BCUT2D eigenvalue weighted by Gasteiger charge is 2.16. The fraction of sp³-hybridized carbons (Fsp3) is 0.182. The van der Waals surface area contributed by atoms with Crippen molar-refractivity contribution in [1.82, 2.24) is 14.9 Å². The number of hydrogen-bond donors (Lipinski definition) is 2. The van der Waals surface area contributed by atoms with Gasteiger partial charge in [0.15, 0.2) is 0 Å². The molecule has 2 aromatic heterocycles. The second-order valence-corrected chi connectivity index (χ2v) is 9.96. The summed E-state index contributed by atoms with van der Waals surface area (Å²) in [6.07, 6.45) is 6.33. The minimum atomic E-state index is -0.356. The SMILES string of the molecule is C=NCN(C/C=C/C(=O)Nc1cc2c(Nc3ccc(OCc4ccccn4)c(Cl)c3)c(C#N)cnc2cc1OCC)C(=C)C. The van der Waals surface area contributed by atoms with Crippen LogP contribution in [0.25, 0.3) is 10.9 Å². The number of halogens is 1. The fourth-order valence-electron chi connectivity index (χ4n) is 4.20. The molecule has 0 fully saturated rings. The monoisotopic (exact) mass is 609 g/mol. The molecule has 4 rings (SSSR count). The van der Waals surface area contributed by atoms with Gasteiger partial charge in [-0.25, -0.2) is 0 Å². The Morgan fingerprint density at radius 1 is 1.18 bits per heavy atom. The Bertz CT molecular complexity index is 1740. The molecule has 0 spiro atoms. The van der Waals surface area contributed by atoms with Crippen LogP contribution in [-0.2, 0) is 11.4 Å². The molecule has 0 saturated carbocycles. The summed E-state index contributed by atoms with van der Waals surface area (Å²) in [5.41, 5.74) is 4.01. The van der Waals surface area contributed by atoms with Crippen LogP contribution in [0.3, 0.4) is 0 Å². The minimum Gasteiger partial charge on any atom is -0.492 e. The van der Waals surface area contributed by atoms with Crippen LogP contribution in [0, 0.1) is 11.3 Å². The molecular formula is C33H32ClN7O3. The molecule has 1 amide bonds. The van der Waals surface area contributed by atoms with Gasteiger partial charge in [-0.1, -0.05) is 30.3 Å². The molecule has 11 heteroatoms. The van der Waals surface area contributed by atoms with E-state index in [1.807, 2.05) is 36.9 Å². The Balaban J connectivity index is 1.61. The number of amides is 1. The first kappa shape index (κ1) is 31.5. The summed E-state index contributed by atoms with van der Waals surface area (Å²) in [4.78, 5) is 27.3. The number of carbonyl (C=O) groups is 1. The normalized spacial score (nSPS) is 10.7. The third-order valence-electron chi connectivity index (χ3n) is 6.36. The van der Waals surface area contributed by atoms with Gasteiger partial charge >= 0.3 is 0 Å². The molecule has 0 aliphatic rings. The van der Waals surface area contributed by atoms with Gasteiger partial charge in [-0.3, -0.25) is 19.8 Å². The predicted octanol–water partition coefficient (Wildman–Crippen LogP) is 6.86. The van der Waals surface area contributed by atoms with Crippen molar-refractivity contribution in [2.75, 3.05) is 30.5 Å². The number of aliphatic imine (C=N–C) groups is 1. The molecule has 10 nitrogen and oxygen atoms in total. The number of fused-ring (bicyclic) bond motifs is 1. The number of nitriles is 1. The van der Waals surface area contributed by atoms with Crippen LogP contribution in [-0.4, -0.2) is 47.3 Å². The third-order valence-corrected chi connectivity index (χ3v) is 6.65. The molecule has 2 aromatic carbocycles. The molecule has 0 aliphatic carbocycles. The fourth-order valence-corrected chi connectivity index (χ4v) is 4.44. The van der Waals surface area contributed by atoms with Gasteiger partial charge in [-0.15, -0.1) is 0 Å². The maximum Gasteiger partial charge on any atom is 0.248 e. The smallest absolute Gasteiger partial charge is 0.248 e. The maximum absolute atomic E-state index is 12.9. The van der Waals surface area contributed by atoms with Crippen LogP contribution in [0.1, 0.15) is 25.1 Å². The largest absolute Gasteiger partial charge is 0.492 e. The van der Waals surface area contributed by atoms with Crippen LogP contribution < -0.4 is 20.1 Å². The van der Waals surface area contributed by atoms with Gasteiger partial charge < -0.3 is 25.0 Å². The highest BCUT2D eigenvalue weighted by atomic mass is 35.5. The van der Waals surface area contributed by atoms with Crippen LogP contribution in [0.15, 0.2) is 90.3 Å². The molecule has 0 unspecified atom stereocenters. The van der Waals surface area contributed by atoms with E-state index in [-0.39, 0.29) is 12.5 Å². The molecule has 0 bridgehead atoms. The van der Waals surface area contributed by atoms with E-state index in [1.54, 1.807) is 42.6 Å². The molecule has 4 aromatic rings. The summed E-state index contributed by atoms with van der Waals surface area (Å²) < 4.78 is 11.6. The van der Waals surface area contributed by atoms with E-state index < -0.39 is 0 Å². The summed E-state index contributed by atoms with van der Waals surface area (Å²) in [5, 5.41) is 17.1. The topological polar surface area (TPSA) is 125 Å². The van der Waals surface area contributed by atoms with Crippen molar-refractivity contribution < 1.29 is 14.3 Å². The average Bonchev–Trinajstić information content (AvgIpc) is 3.01. The first-order valence-electron chi connectivity index (χ1n) is 13.7. The number of allylic oxidation sites excluding steroid dienone is 1. The number of rotatable bonds is 14. The molecule has 0 radical (unpaired) electrons. The van der Waals surface area contributed by atoms with Crippen molar-refractivity contribution in [3.8, 4) is 17.6 Å². The molecular weight excluding hydrogens is 578 g/mol. The summed E-state index contributed by atoms with van der Waals surface area (Å²) in [5.74, 6) is 0.585. The van der Waals surface area contributed by atoms with Crippen molar-refractivity contribution in [2.45, 2.75) is 20.5 Å². The number of anilines is 3. The van der Waals surface area contributed by atoms with E-state index in [2.05, 4.69) is 45.0 Å². The molecule has 0 aliphatic heterocycles. The van der Waals surface area contributed by atoms with E-state index in [0.29, 0.717) is 69.9 Å². The Hall–Kier alpha value is -5.40. The number of nitrogens with zero attached hydrogens (tertiary/aromatic N) is 5. The lowest BCUT2D eigenvalue weighted by atomic mass is 10.1. The molecule has 0 atom stereocenters. The van der Waals surface area contributed by atoms with Gasteiger partial charge in [-0.2, -0.15) is 5.26 Å². The maximum atomic E-state index is 12.9. The highest BCUT2D eigenvalue weighted by molar-refractivity contribution is 6.32. The lowest BCUT2D eigenvalue weighted by Gasteiger charge is -2.20. The number of hydrogen-bond acceptors (Lipinski definition) is 9. The van der Waals surface area contributed by atoms with Crippen molar-refractivity contribution in [1.29, 1.82) is 5.26 Å². The summed E-state index contributed by atoms with van der Waals surface area (Å²) >= 11 is 6.54. The van der Waals surface area contributed by atoms with Gasteiger partial charge in [0.05, 0.1) is 39.8 Å². The highest BCUT2D eigenvalue weighted by Crippen LogP contribution is 2.37. The molecule has 2 heterocycles. The second-order valence-electron chi connectivity index (χ2n) is 9.55. The quantitative estimate of drug-likeness (QED) is 0.117. The Kier molecular flexibility index (Phi) is 10.9. The van der Waals surface area contributed by atoms with E-state index >= 15 is 0 Å². The zero-order valence-corrected chi connectivity index (χ0v) is 25.3. The van der Waals surface area contributed by atoms with Crippen molar-refractivity contribution in [3.63, 3.8) is 0 Å². The van der Waals surface area contributed by atoms with Crippen LogP contribution in [0.2, 0.25) is 5.02 Å². The van der Waals surface area contributed by atoms with Gasteiger partial charge in [0, 0.05) is 47.9 Å². The second kappa shape index (κ2) is 15.2. The van der Waals surface area contributed by atoms with Gasteiger partial charge in [0.25, 0.3) is 0 Å². The van der Waals surface area contributed by atoms with Crippen LogP contribution in [0.4, 0.5) is 17.1 Å². The number of aromatic nitrogens is 2. The predicted molar refractivity (Wildman–Crippen MR) is 175 cm³/mol. The summed E-state index contributed by atoms with van der Waals surface area (Å²) in [7, 11) is 0. The molecule has 44 heavy (non-hydrogen) atoms.